The van der Waals surface area contributed by atoms with Crippen LogP contribution in [0.15, 0.2) is 0 Å². The van der Waals surface area contributed by atoms with Gasteiger partial charge in [-0.2, -0.15) is 0 Å². The van der Waals surface area contributed by atoms with Crippen LogP contribution in [0.25, 0.3) is 0 Å². The SMILES string of the molecule is CCOC(=O)CCCCCCN1C(=O)CC[C@@H]1CO[Si](C)(C)C(C)(C)C. The van der Waals surface area contributed by atoms with Crippen LogP contribution in [0.2, 0.25) is 18.1 Å². The van der Waals surface area contributed by atoms with Gasteiger partial charge in [0, 0.05) is 19.4 Å². The Kier molecular flexibility index (Phi) is 9.31. The number of unbranched alkanes of at least 4 members (excludes halogenated alkanes) is 3. The number of likely N-dealkylation sites (tertiary alicyclic amines) is 1. The predicted octanol–water partition coefficient (Wildman–Crippen LogP) is 4.51. The summed E-state index contributed by atoms with van der Waals surface area (Å²) in [7, 11) is -1.77. The van der Waals surface area contributed by atoms with E-state index in [0.29, 0.717) is 26.1 Å². The van der Waals surface area contributed by atoms with E-state index in [1.54, 1.807) is 0 Å². The molecule has 152 valence electrons. The van der Waals surface area contributed by atoms with Gasteiger partial charge in [0.25, 0.3) is 0 Å². The van der Waals surface area contributed by atoms with E-state index in [2.05, 4.69) is 33.9 Å². The average Bonchev–Trinajstić information content (AvgIpc) is 2.88. The lowest BCUT2D eigenvalue weighted by Crippen LogP contribution is -2.45. The zero-order valence-electron chi connectivity index (χ0n) is 17.7. The molecule has 0 spiro atoms. The minimum atomic E-state index is -1.77. The molecule has 0 radical (unpaired) electrons. The molecular weight excluding hydrogens is 346 g/mol. The molecule has 1 aliphatic heterocycles. The second-order valence-electron chi connectivity index (χ2n) is 8.82. The monoisotopic (exact) mass is 385 g/mol. The zero-order chi connectivity index (χ0) is 19.8. The molecule has 1 amide bonds. The van der Waals surface area contributed by atoms with Crippen LogP contribution in [0.3, 0.4) is 0 Å². The zero-order valence-corrected chi connectivity index (χ0v) is 18.7. The standard InChI is InChI=1S/C20H39NO4Si/c1-7-24-19(23)12-10-8-9-11-15-21-17(13-14-18(21)22)16-25-26(5,6)20(2,3)4/h17H,7-16H2,1-6H3/t17-/m1/s1. The lowest BCUT2D eigenvalue weighted by atomic mass is 10.1. The number of carbonyl (C=O) groups is 2. The van der Waals surface area contributed by atoms with Gasteiger partial charge in [-0.25, -0.2) is 0 Å². The summed E-state index contributed by atoms with van der Waals surface area (Å²) >= 11 is 0. The highest BCUT2D eigenvalue weighted by molar-refractivity contribution is 6.74. The van der Waals surface area contributed by atoms with Crippen molar-refractivity contribution in [1.29, 1.82) is 0 Å². The molecule has 0 bridgehead atoms. The van der Waals surface area contributed by atoms with E-state index in [1.807, 2.05) is 11.8 Å². The number of hydrogen-bond donors (Lipinski definition) is 0. The maximum Gasteiger partial charge on any atom is 0.305 e. The van der Waals surface area contributed by atoms with Gasteiger partial charge in [0.1, 0.15) is 0 Å². The average molecular weight is 386 g/mol. The molecule has 26 heavy (non-hydrogen) atoms. The normalized spacial score (nSPS) is 18.5. The minimum absolute atomic E-state index is 0.106. The van der Waals surface area contributed by atoms with Gasteiger partial charge in [0.2, 0.25) is 5.91 Å². The highest BCUT2D eigenvalue weighted by Gasteiger charge is 2.39. The molecular formula is C20H39NO4Si. The number of esters is 1. The molecule has 0 aromatic carbocycles. The highest BCUT2D eigenvalue weighted by atomic mass is 28.4. The molecule has 0 unspecified atom stereocenters. The Morgan fingerprint density at radius 3 is 2.46 bits per heavy atom. The quantitative estimate of drug-likeness (QED) is 0.298. The van der Waals surface area contributed by atoms with Gasteiger partial charge in [-0.3, -0.25) is 9.59 Å². The van der Waals surface area contributed by atoms with E-state index in [0.717, 1.165) is 38.6 Å². The van der Waals surface area contributed by atoms with Gasteiger partial charge in [0.05, 0.1) is 19.3 Å². The molecule has 0 N–H and O–H groups in total. The second kappa shape index (κ2) is 10.5. The Bertz CT molecular complexity index is 459. The third-order valence-corrected chi connectivity index (χ3v) is 10.2. The third kappa shape index (κ3) is 7.39. The van der Waals surface area contributed by atoms with E-state index < -0.39 is 8.32 Å². The molecule has 0 aromatic heterocycles. The fourth-order valence-corrected chi connectivity index (χ4v) is 3.98. The van der Waals surface area contributed by atoms with E-state index in [-0.39, 0.29) is 23.0 Å². The van der Waals surface area contributed by atoms with Crippen molar-refractivity contribution >= 4 is 20.2 Å². The summed E-state index contributed by atoms with van der Waals surface area (Å²) in [5.41, 5.74) is 0. The van der Waals surface area contributed by atoms with Crippen LogP contribution in [-0.2, 0) is 18.8 Å². The van der Waals surface area contributed by atoms with Crippen LogP contribution < -0.4 is 0 Å². The summed E-state index contributed by atoms with van der Waals surface area (Å²) < 4.78 is 11.3. The van der Waals surface area contributed by atoms with Gasteiger partial charge in [-0.15, -0.1) is 0 Å². The van der Waals surface area contributed by atoms with E-state index in [4.69, 9.17) is 9.16 Å². The molecule has 0 aliphatic carbocycles. The van der Waals surface area contributed by atoms with E-state index >= 15 is 0 Å². The first-order chi connectivity index (χ1) is 12.1. The van der Waals surface area contributed by atoms with Crippen molar-refractivity contribution in [3.05, 3.63) is 0 Å². The molecule has 0 saturated carbocycles. The molecule has 0 aromatic rings. The van der Waals surface area contributed by atoms with Gasteiger partial charge in [-0.05, 0) is 44.3 Å². The van der Waals surface area contributed by atoms with Crippen LogP contribution in [0.4, 0.5) is 0 Å². The maximum absolute atomic E-state index is 12.2. The smallest absolute Gasteiger partial charge is 0.305 e. The number of nitrogens with zero attached hydrogens (tertiary/aromatic N) is 1. The first-order valence-electron chi connectivity index (χ1n) is 10.2. The van der Waals surface area contributed by atoms with Crippen LogP contribution in [-0.4, -0.2) is 50.9 Å². The molecule has 1 fully saturated rings. The Morgan fingerprint density at radius 2 is 1.85 bits per heavy atom. The highest BCUT2D eigenvalue weighted by Crippen LogP contribution is 2.37. The minimum Gasteiger partial charge on any atom is -0.466 e. The van der Waals surface area contributed by atoms with Crippen molar-refractivity contribution in [1.82, 2.24) is 4.90 Å². The number of hydrogen-bond acceptors (Lipinski definition) is 4. The van der Waals surface area contributed by atoms with E-state index in [1.165, 1.54) is 0 Å². The number of carbonyl (C=O) groups excluding carboxylic acids is 2. The van der Waals surface area contributed by atoms with Crippen LogP contribution >= 0.6 is 0 Å². The number of ether oxygens (including phenoxy) is 1. The largest absolute Gasteiger partial charge is 0.466 e. The van der Waals surface area contributed by atoms with Crippen molar-refractivity contribution in [3.8, 4) is 0 Å². The molecule has 5 nitrogen and oxygen atoms in total. The summed E-state index contributed by atoms with van der Waals surface area (Å²) in [5.74, 6) is 0.158. The van der Waals surface area contributed by atoms with Crippen LogP contribution in [0, 0.1) is 0 Å². The summed E-state index contributed by atoms with van der Waals surface area (Å²) in [6.07, 6.45) is 5.96. The number of rotatable bonds is 11. The van der Waals surface area contributed by atoms with Crippen molar-refractivity contribution in [2.45, 2.75) is 96.8 Å². The Morgan fingerprint density at radius 1 is 1.19 bits per heavy atom. The summed E-state index contributed by atoms with van der Waals surface area (Å²) in [5, 5.41) is 0.194. The van der Waals surface area contributed by atoms with Gasteiger partial charge < -0.3 is 14.1 Å². The van der Waals surface area contributed by atoms with Crippen LogP contribution in [0.1, 0.15) is 72.6 Å². The first-order valence-corrected chi connectivity index (χ1v) is 13.1. The van der Waals surface area contributed by atoms with Crippen molar-refractivity contribution in [3.63, 3.8) is 0 Å². The lowest BCUT2D eigenvalue weighted by molar-refractivity contribution is -0.143. The molecule has 1 heterocycles. The predicted molar refractivity (Wildman–Crippen MR) is 108 cm³/mol. The fraction of sp³-hybridized carbons (Fsp3) is 0.900. The third-order valence-electron chi connectivity index (χ3n) is 5.73. The molecule has 1 aliphatic rings. The summed E-state index contributed by atoms with van der Waals surface area (Å²) in [6, 6.07) is 0.233. The fourth-order valence-electron chi connectivity index (χ4n) is 2.93. The summed E-state index contributed by atoms with van der Waals surface area (Å²) in [4.78, 5) is 25.5. The Balaban J connectivity index is 2.31. The van der Waals surface area contributed by atoms with Crippen molar-refractivity contribution in [2.75, 3.05) is 19.8 Å². The Labute approximate surface area is 160 Å². The molecule has 1 saturated heterocycles. The lowest BCUT2D eigenvalue weighted by Gasteiger charge is -2.38. The number of amides is 1. The molecule has 1 atom stereocenters. The maximum atomic E-state index is 12.2. The molecule has 1 rings (SSSR count). The van der Waals surface area contributed by atoms with Gasteiger partial charge in [0.15, 0.2) is 8.32 Å². The Hall–Kier alpha value is -0.883. The van der Waals surface area contributed by atoms with E-state index in [9.17, 15) is 9.59 Å². The second-order valence-corrected chi connectivity index (χ2v) is 13.6. The van der Waals surface area contributed by atoms with Gasteiger partial charge >= 0.3 is 5.97 Å². The van der Waals surface area contributed by atoms with Crippen molar-refractivity contribution in [2.24, 2.45) is 0 Å². The van der Waals surface area contributed by atoms with Crippen molar-refractivity contribution < 1.29 is 18.8 Å². The molecule has 6 heteroatoms. The first kappa shape index (κ1) is 23.2. The topological polar surface area (TPSA) is 55.8 Å². The summed E-state index contributed by atoms with van der Waals surface area (Å²) in [6.45, 7) is 15.0. The van der Waals surface area contributed by atoms with Gasteiger partial charge in [-0.1, -0.05) is 33.6 Å². The van der Waals surface area contributed by atoms with Crippen LogP contribution in [0.5, 0.6) is 0 Å².